The molecule has 0 atom stereocenters. The topological polar surface area (TPSA) is 78.5 Å². The van der Waals surface area contributed by atoms with Gasteiger partial charge in [0.15, 0.2) is 0 Å². The van der Waals surface area contributed by atoms with Gasteiger partial charge in [0.1, 0.15) is 5.78 Å². The van der Waals surface area contributed by atoms with Crippen molar-refractivity contribution in [1.29, 1.82) is 0 Å². The van der Waals surface area contributed by atoms with Gasteiger partial charge in [-0.15, -0.1) is 0 Å². The van der Waals surface area contributed by atoms with Gasteiger partial charge in [-0.1, -0.05) is 54.4 Å². The van der Waals surface area contributed by atoms with Crippen LogP contribution in [0.5, 0.6) is 0 Å². The molecule has 1 aliphatic heterocycles. The van der Waals surface area contributed by atoms with Crippen molar-refractivity contribution in [2.24, 2.45) is 5.92 Å². The van der Waals surface area contributed by atoms with Crippen molar-refractivity contribution >= 4 is 17.6 Å². The average molecular weight is 412 g/mol. The first kappa shape index (κ1) is 27.6. The van der Waals surface area contributed by atoms with Gasteiger partial charge in [-0.05, 0) is 25.7 Å². The van der Waals surface area contributed by atoms with Crippen LogP contribution in [-0.4, -0.2) is 54.2 Å². The molecule has 0 spiro atoms. The molecule has 2 N–H and O–H groups in total. The first-order valence-electron chi connectivity index (χ1n) is 11.6. The van der Waals surface area contributed by atoms with E-state index in [2.05, 4.69) is 10.6 Å². The van der Waals surface area contributed by atoms with E-state index in [0.29, 0.717) is 31.2 Å². The van der Waals surface area contributed by atoms with E-state index in [-0.39, 0.29) is 23.8 Å². The molecule has 29 heavy (non-hydrogen) atoms. The largest absolute Gasteiger partial charge is 0.352 e. The summed E-state index contributed by atoms with van der Waals surface area (Å²) in [5, 5.41) is 6.17. The van der Waals surface area contributed by atoms with Crippen molar-refractivity contribution in [2.45, 2.75) is 105 Å². The van der Waals surface area contributed by atoms with Gasteiger partial charge in [0.05, 0.1) is 6.54 Å². The van der Waals surface area contributed by atoms with Crippen molar-refractivity contribution in [3.63, 3.8) is 0 Å². The Morgan fingerprint density at radius 2 is 1.45 bits per heavy atom. The molecule has 170 valence electrons. The number of unbranched alkanes of at least 4 members (excludes halogenated alkanes) is 3. The van der Waals surface area contributed by atoms with Gasteiger partial charge in [-0.2, -0.15) is 0 Å². The van der Waals surface area contributed by atoms with Gasteiger partial charge in [-0.25, -0.2) is 0 Å². The first-order chi connectivity index (χ1) is 13.8. The number of piperidine rings is 1. The molecule has 0 unspecified atom stereocenters. The molecule has 1 aliphatic rings. The van der Waals surface area contributed by atoms with E-state index in [0.717, 1.165) is 51.6 Å². The van der Waals surface area contributed by atoms with Crippen LogP contribution in [0.1, 0.15) is 92.9 Å². The Kier molecular flexibility index (Phi) is 15.6. The van der Waals surface area contributed by atoms with Gasteiger partial charge in [0.2, 0.25) is 11.8 Å². The Hall–Kier alpha value is -1.43. The molecule has 0 radical (unpaired) electrons. The Bertz CT molecular complexity index is 470. The highest BCUT2D eigenvalue weighted by Gasteiger charge is 2.23. The van der Waals surface area contributed by atoms with Crippen LogP contribution in [0.3, 0.4) is 0 Å². The maximum Gasteiger partial charge on any atom is 0.234 e. The molecule has 1 fully saturated rings. The maximum atomic E-state index is 12.3. The average Bonchev–Trinajstić information content (AvgIpc) is 2.70. The van der Waals surface area contributed by atoms with Crippen LogP contribution in [-0.2, 0) is 14.4 Å². The molecule has 0 aromatic heterocycles. The monoisotopic (exact) mass is 411 g/mol. The van der Waals surface area contributed by atoms with Gasteiger partial charge >= 0.3 is 0 Å². The van der Waals surface area contributed by atoms with E-state index >= 15 is 0 Å². The molecule has 6 heteroatoms. The number of hydrogen-bond donors (Lipinski definition) is 2. The highest BCUT2D eigenvalue weighted by molar-refractivity contribution is 5.80. The summed E-state index contributed by atoms with van der Waals surface area (Å²) in [6, 6.07) is 0.472. The van der Waals surface area contributed by atoms with E-state index in [1.807, 2.05) is 46.4 Å². The molecule has 1 heterocycles. The fourth-order valence-electron chi connectivity index (χ4n) is 3.22. The standard InChI is InChI=1S/C21H39N3O3.C2H6/c1-16(2)19(25)9-7-5-6-8-10-21(27)24-13-11-18(12-14-24)23-20(26)15-22-17(3)4;1-2/h16-18,22H,5-15H2,1-4H3,(H,23,26);1-2H3. The number of carbonyl (C=O) groups excluding carboxylic acids is 3. The van der Waals surface area contributed by atoms with Gasteiger partial charge in [0.25, 0.3) is 0 Å². The number of nitrogens with zero attached hydrogens (tertiary/aromatic N) is 1. The minimum Gasteiger partial charge on any atom is -0.352 e. The summed E-state index contributed by atoms with van der Waals surface area (Å²) >= 11 is 0. The smallest absolute Gasteiger partial charge is 0.234 e. The first-order valence-corrected chi connectivity index (χ1v) is 11.6. The zero-order chi connectivity index (χ0) is 22.2. The molecular weight excluding hydrogens is 366 g/mol. The van der Waals surface area contributed by atoms with Gasteiger partial charge < -0.3 is 15.5 Å². The number of nitrogens with one attached hydrogen (secondary N) is 2. The van der Waals surface area contributed by atoms with Crippen molar-refractivity contribution in [3.05, 3.63) is 0 Å². The van der Waals surface area contributed by atoms with E-state index in [1.54, 1.807) is 0 Å². The lowest BCUT2D eigenvalue weighted by Crippen LogP contribution is -2.48. The molecule has 0 aromatic rings. The molecule has 6 nitrogen and oxygen atoms in total. The van der Waals surface area contributed by atoms with Crippen molar-refractivity contribution in [1.82, 2.24) is 15.5 Å². The second-order valence-corrected chi connectivity index (χ2v) is 8.29. The molecule has 0 bridgehead atoms. The van der Waals surface area contributed by atoms with E-state index in [9.17, 15) is 14.4 Å². The molecular formula is C23H45N3O3. The Morgan fingerprint density at radius 3 is 1.97 bits per heavy atom. The van der Waals surface area contributed by atoms with Gasteiger partial charge in [0, 0.05) is 43.9 Å². The van der Waals surface area contributed by atoms with Crippen LogP contribution >= 0.6 is 0 Å². The summed E-state index contributed by atoms with van der Waals surface area (Å²) in [4.78, 5) is 37.7. The minimum absolute atomic E-state index is 0.0319. The molecule has 1 saturated heterocycles. The van der Waals surface area contributed by atoms with Crippen molar-refractivity contribution in [2.75, 3.05) is 19.6 Å². The molecule has 1 rings (SSSR count). The fraction of sp³-hybridized carbons (Fsp3) is 0.870. The Balaban J connectivity index is 0.00000379. The quantitative estimate of drug-likeness (QED) is 0.480. The Labute approximate surface area is 178 Å². The second-order valence-electron chi connectivity index (χ2n) is 8.29. The number of hydrogen-bond acceptors (Lipinski definition) is 4. The van der Waals surface area contributed by atoms with Crippen molar-refractivity contribution in [3.8, 4) is 0 Å². The predicted molar refractivity (Wildman–Crippen MR) is 120 cm³/mol. The van der Waals surface area contributed by atoms with Crippen LogP contribution in [0, 0.1) is 5.92 Å². The SMILES string of the molecule is CC.CC(C)NCC(=O)NC1CCN(C(=O)CCCCCCC(=O)C(C)C)CC1. The zero-order valence-electron chi connectivity index (χ0n) is 19.7. The molecule has 0 aliphatic carbocycles. The Morgan fingerprint density at radius 1 is 0.897 bits per heavy atom. The summed E-state index contributed by atoms with van der Waals surface area (Å²) in [5.74, 6) is 0.718. The van der Waals surface area contributed by atoms with Crippen LogP contribution < -0.4 is 10.6 Å². The lowest BCUT2D eigenvalue weighted by Gasteiger charge is -2.32. The molecule has 0 aromatic carbocycles. The number of likely N-dealkylation sites (tertiary alicyclic amines) is 1. The summed E-state index contributed by atoms with van der Waals surface area (Å²) in [6.07, 6.45) is 6.77. The van der Waals surface area contributed by atoms with E-state index in [4.69, 9.17) is 0 Å². The highest BCUT2D eigenvalue weighted by Crippen LogP contribution is 2.14. The third-order valence-electron chi connectivity index (χ3n) is 5.09. The van der Waals surface area contributed by atoms with Crippen LogP contribution in [0.15, 0.2) is 0 Å². The lowest BCUT2D eigenvalue weighted by molar-refractivity contribution is -0.132. The summed E-state index contributed by atoms with van der Waals surface area (Å²) in [6.45, 7) is 13.7. The zero-order valence-corrected chi connectivity index (χ0v) is 19.7. The van der Waals surface area contributed by atoms with Crippen LogP contribution in [0.4, 0.5) is 0 Å². The number of rotatable bonds is 12. The molecule has 2 amide bonds. The number of carbonyl (C=O) groups is 3. The third-order valence-corrected chi connectivity index (χ3v) is 5.09. The summed E-state index contributed by atoms with van der Waals surface area (Å²) < 4.78 is 0. The minimum atomic E-state index is 0.0319. The maximum absolute atomic E-state index is 12.3. The number of Topliss-reactive ketones (excluding diaryl/α,β-unsaturated/α-hetero) is 1. The van der Waals surface area contributed by atoms with Crippen molar-refractivity contribution < 1.29 is 14.4 Å². The highest BCUT2D eigenvalue weighted by atomic mass is 16.2. The normalized spacial score (nSPS) is 14.6. The molecule has 0 saturated carbocycles. The second kappa shape index (κ2) is 16.4. The van der Waals surface area contributed by atoms with E-state index in [1.165, 1.54) is 0 Å². The third kappa shape index (κ3) is 13.4. The number of ketones is 1. The number of amides is 2. The van der Waals surface area contributed by atoms with Crippen LogP contribution in [0.25, 0.3) is 0 Å². The van der Waals surface area contributed by atoms with Gasteiger partial charge in [-0.3, -0.25) is 14.4 Å². The lowest BCUT2D eigenvalue weighted by atomic mass is 10.0. The predicted octanol–water partition coefficient (Wildman–Crippen LogP) is 3.68. The summed E-state index contributed by atoms with van der Waals surface area (Å²) in [7, 11) is 0. The van der Waals surface area contributed by atoms with Crippen LogP contribution in [0.2, 0.25) is 0 Å². The summed E-state index contributed by atoms with van der Waals surface area (Å²) in [5.41, 5.74) is 0. The fourth-order valence-corrected chi connectivity index (χ4v) is 3.22. The van der Waals surface area contributed by atoms with E-state index < -0.39 is 0 Å².